The summed E-state index contributed by atoms with van der Waals surface area (Å²) in [6.07, 6.45) is 1.75. The first-order valence-corrected chi connectivity index (χ1v) is 6.29. The number of likely N-dealkylation sites (N-methyl/N-ethyl adjacent to an activating group) is 1. The first-order chi connectivity index (χ1) is 9.11. The second-order valence-electron chi connectivity index (χ2n) is 5.06. The van der Waals surface area contributed by atoms with E-state index >= 15 is 0 Å². The average molecular weight is 257 g/mol. The van der Waals surface area contributed by atoms with Gasteiger partial charge in [0.2, 0.25) is 0 Å². The fourth-order valence-electron chi connectivity index (χ4n) is 1.88. The standard InChI is InChI=1S/C14H19N5/c1-14(2,10-15-3)17-13-8-7-12(18-19-13)11-6-4-5-9-16-11/h4-9,15H,10H2,1-3H3,(H,17,19). The molecule has 0 spiro atoms. The lowest BCUT2D eigenvalue weighted by Gasteiger charge is -2.26. The molecule has 0 aliphatic rings. The Bertz CT molecular complexity index is 507. The molecule has 2 aromatic heterocycles. The smallest absolute Gasteiger partial charge is 0.149 e. The Balaban J connectivity index is 2.11. The van der Waals surface area contributed by atoms with E-state index < -0.39 is 0 Å². The summed E-state index contributed by atoms with van der Waals surface area (Å²) in [7, 11) is 1.93. The molecule has 0 atom stereocenters. The third kappa shape index (κ3) is 3.72. The molecule has 0 radical (unpaired) electrons. The van der Waals surface area contributed by atoms with Crippen molar-refractivity contribution in [2.45, 2.75) is 19.4 Å². The van der Waals surface area contributed by atoms with Gasteiger partial charge >= 0.3 is 0 Å². The number of pyridine rings is 1. The summed E-state index contributed by atoms with van der Waals surface area (Å²) in [5, 5.41) is 14.9. The van der Waals surface area contributed by atoms with Crippen LogP contribution in [0.5, 0.6) is 0 Å². The first kappa shape index (κ1) is 13.4. The summed E-state index contributed by atoms with van der Waals surface area (Å²) >= 11 is 0. The van der Waals surface area contributed by atoms with Gasteiger partial charge in [-0.1, -0.05) is 6.07 Å². The molecule has 2 heterocycles. The molecule has 0 unspecified atom stereocenters. The lowest BCUT2D eigenvalue weighted by Crippen LogP contribution is -2.40. The number of rotatable bonds is 5. The Hall–Kier alpha value is -2.01. The van der Waals surface area contributed by atoms with Gasteiger partial charge in [0.25, 0.3) is 0 Å². The summed E-state index contributed by atoms with van der Waals surface area (Å²) in [5.74, 6) is 0.764. The molecule has 2 N–H and O–H groups in total. The van der Waals surface area contributed by atoms with Gasteiger partial charge in [0.1, 0.15) is 11.5 Å². The normalized spacial score (nSPS) is 11.3. The van der Waals surface area contributed by atoms with Crippen LogP contribution < -0.4 is 10.6 Å². The lowest BCUT2D eigenvalue weighted by atomic mass is 10.1. The van der Waals surface area contributed by atoms with Crippen LogP contribution >= 0.6 is 0 Å². The van der Waals surface area contributed by atoms with E-state index in [1.54, 1.807) is 6.20 Å². The predicted molar refractivity (Wildman–Crippen MR) is 76.9 cm³/mol. The molecule has 0 fully saturated rings. The summed E-state index contributed by atoms with van der Waals surface area (Å²) in [5.41, 5.74) is 1.53. The van der Waals surface area contributed by atoms with Crippen molar-refractivity contribution in [2.24, 2.45) is 0 Å². The molecule has 0 amide bonds. The van der Waals surface area contributed by atoms with E-state index in [4.69, 9.17) is 0 Å². The Morgan fingerprint density at radius 2 is 1.89 bits per heavy atom. The molecular weight excluding hydrogens is 238 g/mol. The summed E-state index contributed by atoms with van der Waals surface area (Å²) < 4.78 is 0. The largest absolute Gasteiger partial charge is 0.362 e. The molecule has 0 saturated heterocycles. The van der Waals surface area contributed by atoms with Gasteiger partial charge in [-0.05, 0) is 45.2 Å². The van der Waals surface area contributed by atoms with E-state index in [9.17, 15) is 0 Å². The Kier molecular flexibility index (Phi) is 4.06. The summed E-state index contributed by atoms with van der Waals surface area (Å²) in [6.45, 7) is 5.06. The van der Waals surface area contributed by atoms with Crippen LogP contribution in [-0.2, 0) is 0 Å². The molecule has 0 saturated carbocycles. The second kappa shape index (κ2) is 5.75. The Morgan fingerprint density at radius 1 is 1.05 bits per heavy atom. The maximum absolute atomic E-state index is 4.25. The van der Waals surface area contributed by atoms with Crippen molar-refractivity contribution in [2.75, 3.05) is 18.9 Å². The maximum atomic E-state index is 4.25. The quantitative estimate of drug-likeness (QED) is 0.857. The van der Waals surface area contributed by atoms with Gasteiger partial charge in [0, 0.05) is 18.3 Å². The van der Waals surface area contributed by atoms with E-state index in [-0.39, 0.29) is 5.54 Å². The van der Waals surface area contributed by atoms with Gasteiger partial charge in [0.15, 0.2) is 0 Å². The molecule has 2 rings (SSSR count). The summed E-state index contributed by atoms with van der Waals surface area (Å²) in [4.78, 5) is 4.25. The van der Waals surface area contributed by atoms with Crippen molar-refractivity contribution in [3.63, 3.8) is 0 Å². The molecule has 5 heteroatoms. The molecule has 5 nitrogen and oxygen atoms in total. The number of hydrogen-bond donors (Lipinski definition) is 2. The van der Waals surface area contributed by atoms with Crippen molar-refractivity contribution < 1.29 is 0 Å². The van der Waals surface area contributed by atoms with E-state index in [1.165, 1.54) is 0 Å². The third-order valence-corrected chi connectivity index (χ3v) is 2.68. The lowest BCUT2D eigenvalue weighted by molar-refractivity contribution is 0.527. The van der Waals surface area contributed by atoms with Gasteiger partial charge < -0.3 is 10.6 Å². The Labute approximate surface area is 113 Å². The van der Waals surface area contributed by atoms with Gasteiger partial charge in [-0.3, -0.25) is 4.98 Å². The molecule has 0 bridgehead atoms. The molecule has 19 heavy (non-hydrogen) atoms. The maximum Gasteiger partial charge on any atom is 0.149 e. The Morgan fingerprint density at radius 3 is 2.47 bits per heavy atom. The van der Waals surface area contributed by atoms with Gasteiger partial charge in [-0.25, -0.2) is 0 Å². The van der Waals surface area contributed by atoms with Crippen LogP contribution in [0.3, 0.4) is 0 Å². The topological polar surface area (TPSA) is 62.7 Å². The van der Waals surface area contributed by atoms with Crippen LogP contribution in [0.2, 0.25) is 0 Å². The van der Waals surface area contributed by atoms with Crippen LogP contribution in [0, 0.1) is 0 Å². The van der Waals surface area contributed by atoms with Crippen molar-refractivity contribution in [1.29, 1.82) is 0 Å². The highest BCUT2D eigenvalue weighted by molar-refractivity contribution is 5.54. The van der Waals surface area contributed by atoms with E-state index in [1.807, 2.05) is 37.4 Å². The number of aromatic nitrogens is 3. The van der Waals surface area contributed by atoms with E-state index in [0.717, 1.165) is 23.8 Å². The van der Waals surface area contributed by atoms with Crippen LogP contribution in [0.4, 0.5) is 5.82 Å². The number of hydrogen-bond acceptors (Lipinski definition) is 5. The fourth-order valence-corrected chi connectivity index (χ4v) is 1.88. The van der Waals surface area contributed by atoms with Crippen LogP contribution in [0.1, 0.15) is 13.8 Å². The van der Waals surface area contributed by atoms with Crippen molar-refractivity contribution in [1.82, 2.24) is 20.5 Å². The zero-order valence-electron chi connectivity index (χ0n) is 11.5. The zero-order valence-corrected chi connectivity index (χ0v) is 11.5. The van der Waals surface area contributed by atoms with E-state index in [0.29, 0.717) is 0 Å². The molecule has 2 aromatic rings. The fraction of sp³-hybridized carbons (Fsp3) is 0.357. The zero-order chi connectivity index (χ0) is 13.7. The second-order valence-corrected chi connectivity index (χ2v) is 5.06. The minimum Gasteiger partial charge on any atom is -0.362 e. The van der Waals surface area contributed by atoms with Crippen LogP contribution in [-0.4, -0.2) is 34.3 Å². The third-order valence-electron chi connectivity index (χ3n) is 2.68. The van der Waals surface area contributed by atoms with Crippen molar-refractivity contribution in [3.8, 4) is 11.4 Å². The SMILES string of the molecule is CNCC(C)(C)Nc1ccc(-c2ccccn2)nn1. The molecule has 100 valence electrons. The van der Waals surface area contributed by atoms with Crippen molar-refractivity contribution >= 4 is 5.82 Å². The van der Waals surface area contributed by atoms with Gasteiger partial charge in [-0.2, -0.15) is 0 Å². The van der Waals surface area contributed by atoms with Gasteiger partial charge in [0.05, 0.1) is 5.69 Å². The monoisotopic (exact) mass is 257 g/mol. The minimum absolute atomic E-state index is 0.0735. The molecule has 0 aliphatic heterocycles. The minimum atomic E-state index is -0.0735. The highest BCUT2D eigenvalue weighted by Gasteiger charge is 2.16. The number of nitrogens with zero attached hydrogens (tertiary/aromatic N) is 3. The molecular formula is C14H19N5. The predicted octanol–water partition coefficient (Wildman–Crippen LogP) is 1.95. The van der Waals surface area contributed by atoms with Crippen molar-refractivity contribution in [3.05, 3.63) is 36.5 Å². The first-order valence-electron chi connectivity index (χ1n) is 6.29. The highest BCUT2D eigenvalue weighted by atomic mass is 15.2. The van der Waals surface area contributed by atoms with Gasteiger partial charge in [-0.15, -0.1) is 10.2 Å². The number of anilines is 1. The average Bonchev–Trinajstić information content (AvgIpc) is 2.40. The number of nitrogens with one attached hydrogen (secondary N) is 2. The molecule has 0 aliphatic carbocycles. The van der Waals surface area contributed by atoms with Crippen LogP contribution in [0.15, 0.2) is 36.5 Å². The van der Waals surface area contributed by atoms with Crippen LogP contribution in [0.25, 0.3) is 11.4 Å². The molecule has 0 aromatic carbocycles. The highest BCUT2D eigenvalue weighted by Crippen LogP contribution is 2.16. The van der Waals surface area contributed by atoms with E-state index in [2.05, 4.69) is 39.7 Å². The summed E-state index contributed by atoms with van der Waals surface area (Å²) in [6, 6.07) is 9.59.